The molecule has 0 radical (unpaired) electrons. The first-order valence-corrected chi connectivity index (χ1v) is 7.11. The van der Waals surface area contributed by atoms with Crippen LogP contribution in [0.1, 0.15) is 49.2 Å². The number of hydrogen-bond donors (Lipinski definition) is 3. The summed E-state index contributed by atoms with van der Waals surface area (Å²) in [5.41, 5.74) is 0.902. The van der Waals surface area contributed by atoms with E-state index < -0.39 is 5.97 Å². The number of carboxylic acid groups (broad SMARTS) is 1. The molecule has 114 valence electrons. The third-order valence-electron chi connectivity index (χ3n) is 4.06. The smallest absolute Gasteiger partial charge is 0.354 e. The Morgan fingerprint density at radius 2 is 2.19 bits per heavy atom. The summed E-state index contributed by atoms with van der Waals surface area (Å²) >= 11 is 0. The van der Waals surface area contributed by atoms with E-state index in [-0.39, 0.29) is 23.2 Å². The van der Waals surface area contributed by atoms with E-state index in [0.717, 1.165) is 24.8 Å². The summed E-state index contributed by atoms with van der Waals surface area (Å²) in [7, 11) is 0. The van der Waals surface area contributed by atoms with Gasteiger partial charge in [-0.15, -0.1) is 0 Å². The molecule has 1 aromatic heterocycles. The van der Waals surface area contributed by atoms with E-state index in [2.05, 4.69) is 29.5 Å². The molecule has 0 saturated heterocycles. The zero-order valence-corrected chi connectivity index (χ0v) is 12.3. The van der Waals surface area contributed by atoms with Gasteiger partial charge in [-0.2, -0.15) is 0 Å². The topological polar surface area (TPSA) is 91.3 Å². The van der Waals surface area contributed by atoms with Gasteiger partial charge in [-0.05, 0) is 29.9 Å². The van der Waals surface area contributed by atoms with Crippen LogP contribution >= 0.6 is 0 Å². The van der Waals surface area contributed by atoms with Crippen molar-refractivity contribution in [2.24, 2.45) is 5.41 Å². The van der Waals surface area contributed by atoms with Crippen LogP contribution in [-0.4, -0.2) is 28.1 Å². The van der Waals surface area contributed by atoms with Crippen molar-refractivity contribution in [1.29, 1.82) is 0 Å². The van der Waals surface area contributed by atoms with Gasteiger partial charge in [0.1, 0.15) is 5.69 Å². The fourth-order valence-electron chi connectivity index (χ4n) is 2.64. The summed E-state index contributed by atoms with van der Waals surface area (Å²) in [5.74, 6) is -1.06. The van der Waals surface area contributed by atoms with Gasteiger partial charge >= 0.3 is 12.0 Å². The number of aromatic nitrogens is 1. The minimum Gasteiger partial charge on any atom is -0.477 e. The Hall–Kier alpha value is -2.11. The molecular formula is C15H21N3O3. The first kappa shape index (κ1) is 15.3. The van der Waals surface area contributed by atoms with Gasteiger partial charge in [0.05, 0.1) is 0 Å². The molecule has 21 heavy (non-hydrogen) atoms. The summed E-state index contributed by atoms with van der Waals surface area (Å²) in [5, 5.41) is 14.5. The van der Waals surface area contributed by atoms with Crippen LogP contribution in [0.2, 0.25) is 0 Å². The number of carbonyl (C=O) groups excluding carboxylic acids is 1. The second kappa shape index (κ2) is 6.11. The molecule has 2 amide bonds. The number of hydrogen-bond acceptors (Lipinski definition) is 3. The highest BCUT2D eigenvalue weighted by atomic mass is 16.4. The van der Waals surface area contributed by atoms with E-state index in [4.69, 9.17) is 5.11 Å². The lowest BCUT2D eigenvalue weighted by Crippen LogP contribution is -2.46. The molecule has 3 N–H and O–H groups in total. The van der Waals surface area contributed by atoms with Crippen LogP contribution in [0.3, 0.4) is 0 Å². The molecule has 1 aliphatic carbocycles. The molecule has 1 fully saturated rings. The van der Waals surface area contributed by atoms with E-state index in [1.165, 1.54) is 12.3 Å². The molecule has 6 nitrogen and oxygen atoms in total. The number of amides is 2. The number of nitrogens with zero attached hydrogens (tertiary/aromatic N) is 1. The monoisotopic (exact) mass is 291 g/mol. The van der Waals surface area contributed by atoms with Gasteiger partial charge in [0.25, 0.3) is 0 Å². The highest BCUT2D eigenvalue weighted by Crippen LogP contribution is 2.36. The third kappa shape index (κ3) is 3.93. The highest BCUT2D eigenvalue weighted by molar-refractivity contribution is 5.85. The molecule has 1 unspecified atom stereocenters. The quantitative estimate of drug-likeness (QED) is 0.792. The number of nitrogens with one attached hydrogen (secondary N) is 2. The molecular weight excluding hydrogens is 270 g/mol. The van der Waals surface area contributed by atoms with Crippen LogP contribution in [0, 0.1) is 5.41 Å². The molecule has 0 aliphatic heterocycles. The second-order valence-electron chi connectivity index (χ2n) is 6.12. The Morgan fingerprint density at radius 1 is 1.43 bits per heavy atom. The largest absolute Gasteiger partial charge is 0.477 e. The van der Waals surface area contributed by atoms with Gasteiger partial charge in [-0.1, -0.05) is 26.3 Å². The van der Waals surface area contributed by atoms with Crippen LogP contribution in [0.4, 0.5) is 4.79 Å². The molecule has 0 aromatic carbocycles. The van der Waals surface area contributed by atoms with Gasteiger partial charge < -0.3 is 15.7 Å². The zero-order chi connectivity index (χ0) is 15.5. The number of pyridine rings is 1. The maximum absolute atomic E-state index is 11.9. The van der Waals surface area contributed by atoms with Crippen LogP contribution in [-0.2, 0) is 6.54 Å². The average molecular weight is 291 g/mol. The Kier molecular flexibility index (Phi) is 4.45. The molecule has 1 aliphatic rings. The van der Waals surface area contributed by atoms with Crippen molar-refractivity contribution in [1.82, 2.24) is 15.6 Å². The number of aromatic carboxylic acids is 1. The standard InChI is InChI=1S/C15H21N3O3/c1-15(2)7-3-4-12(15)18-14(21)17-9-10-5-6-11(13(19)20)16-8-10/h5-6,8,12H,3-4,7,9H2,1-2H3,(H,19,20)(H2,17,18,21). The zero-order valence-electron chi connectivity index (χ0n) is 12.3. The maximum atomic E-state index is 11.9. The minimum atomic E-state index is -1.06. The van der Waals surface area contributed by atoms with Crippen molar-refractivity contribution < 1.29 is 14.7 Å². The summed E-state index contributed by atoms with van der Waals surface area (Å²) in [6.45, 7) is 4.66. The molecule has 1 atom stereocenters. The summed E-state index contributed by atoms with van der Waals surface area (Å²) in [6.07, 6.45) is 4.73. The first-order chi connectivity index (χ1) is 9.88. The van der Waals surface area contributed by atoms with Crippen LogP contribution in [0.15, 0.2) is 18.3 Å². The van der Waals surface area contributed by atoms with E-state index in [0.29, 0.717) is 6.54 Å². The van der Waals surface area contributed by atoms with Crippen molar-refractivity contribution in [2.45, 2.75) is 45.7 Å². The number of carbonyl (C=O) groups is 2. The van der Waals surface area contributed by atoms with Crippen LogP contribution in [0.25, 0.3) is 0 Å². The lowest BCUT2D eigenvalue weighted by molar-refractivity contribution is 0.0690. The van der Waals surface area contributed by atoms with Crippen molar-refractivity contribution in [2.75, 3.05) is 0 Å². The van der Waals surface area contributed by atoms with E-state index in [9.17, 15) is 9.59 Å². The van der Waals surface area contributed by atoms with Gasteiger partial charge in [-0.25, -0.2) is 14.6 Å². The Morgan fingerprint density at radius 3 is 2.71 bits per heavy atom. The molecule has 2 rings (SSSR count). The summed E-state index contributed by atoms with van der Waals surface area (Å²) in [6, 6.07) is 3.08. The van der Waals surface area contributed by atoms with E-state index >= 15 is 0 Å². The lowest BCUT2D eigenvalue weighted by atomic mass is 9.87. The van der Waals surface area contributed by atoms with Crippen LogP contribution < -0.4 is 10.6 Å². The SMILES string of the molecule is CC1(C)CCCC1NC(=O)NCc1ccc(C(=O)O)nc1. The molecule has 0 bridgehead atoms. The predicted octanol–water partition coefficient (Wildman–Crippen LogP) is 2.16. The average Bonchev–Trinajstić information content (AvgIpc) is 2.76. The van der Waals surface area contributed by atoms with Crippen molar-refractivity contribution in [3.8, 4) is 0 Å². The Labute approximate surface area is 124 Å². The second-order valence-corrected chi connectivity index (χ2v) is 6.12. The van der Waals surface area contributed by atoms with E-state index in [1.807, 2.05) is 0 Å². The molecule has 0 spiro atoms. The Bertz CT molecular complexity index is 525. The molecule has 1 aromatic rings. The van der Waals surface area contributed by atoms with Crippen LogP contribution in [0.5, 0.6) is 0 Å². The third-order valence-corrected chi connectivity index (χ3v) is 4.06. The normalized spacial score (nSPS) is 20.0. The van der Waals surface area contributed by atoms with Crippen molar-refractivity contribution in [3.63, 3.8) is 0 Å². The number of carboxylic acids is 1. The number of rotatable bonds is 4. The van der Waals surface area contributed by atoms with Gasteiger partial charge in [-0.3, -0.25) is 0 Å². The van der Waals surface area contributed by atoms with Gasteiger partial charge in [0.2, 0.25) is 0 Å². The fourth-order valence-corrected chi connectivity index (χ4v) is 2.64. The maximum Gasteiger partial charge on any atom is 0.354 e. The minimum absolute atomic E-state index is 0.00379. The summed E-state index contributed by atoms with van der Waals surface area (Å²) < 4.78 is 0. The highest BCUT2D eigenvalue weighted by Gasteiger charge is 2.35. The predicted molar refractivity (Wildman–Crippen MR) is 78.0 cm³/mol. The summed E-state index contributed by atoms with van der Waals surface area (Å²) in [4.78, 5) is 26.4. The molecule has 1 saturated carbocycles. The van der Waals surface area contributed by atoms with E-state index in [1.54, 1.807) is 6.07 Å². The molecule has 1 heterocycles. The fraction of sp³-hybridized carbons (Fsp3) is 0.533. The lowest BCUT2D eigenvalue weighted by Gasteiger charge is -2.27. The van der Waals surface area contributed by atoms with Gasteiger partial charge in [0, 0.05) is 18.8 Å². The van der Waals surface area contributed by atoms with Crippen molar-refractivity contribution >= 4 is 12.0 Å². The number of urea groups is 1. The molecule has 6 heteroatoms. The van der Waals surface area contributed by atoms with Gasteiger partial charge in [0.15, 0.2) is 0 Å². The van der Waals surface area contributed by atoms with Crippen molar-refractivity contribution in [3.05, 3.63) is 29.6 Å². The first-order valence-electron chi connectivity index (χ1n) is 7.11. The Balaban J connectivity index is 1.82.